The zero-order valence-corrected chi connectivity index (χ0v) is 24.0. The predicted octanol–water partition coefficient (Wildman–Crippen LogP) is 5.16. The molecule has 0 atom stereocenters. The van der Waals surface area contributed by atoms with Crippen LogP contribution in [0.5, 0.6) is 17.2 Å². The molecule has 0 bridgehead atoms. The number of methoxy groups -OCH3 is 2. The van der Waals surface area contributed by atoms with E-state index in [1.807, 2.05) is 13.8 Å². The summed E-state index contributed by atoms with van der Waals surface area (Å²) in [5.74, 6) is -0.153. The number of nitrogens with zero attached hydrogens (tertiary/aromatic N) is 1. The van der Waals surface area contributed by atoms with Crippen molar-refractivity contribution in [3.63, 3.8) is 0 Å². The number of hydrogen-bond donors (Lipinski definition) is 2. The van der Waals surface area contributed by atoms with E-state index >= 15 is 0 Å². The zero-order valence-electron chi connectivity index (χ0n) is 23.2. The van der Waals surface area contributed by atoms with Crippen LogP contribution in [0.1, 0.15) is 47.1 Å². The lowest BCUT2D eigenvalue weighted by molar-refractivity contribution is -0.131. The Balaban J connectivity index is 1.91. The third-order valence-electron chi connectivity index (χ3n) is 6.14. The van der Waals surface area contributed by atoms with Crippen molar-refractivity contribution in [3.05, 3.63) is 82.4 Å². The standard InChI is InChI=1S/C30H34ClN3O6/c1-19(35)40-25-9-7-6-8-23(25)28(36)33-22-11-12-24(31)21(14-22)16-34(18-30(2,3)17-32)29(37)20-10-13-26(38-4)27(15-20)39-5/h6-15H,16-18,32H2,1-5H3,(H,33,36). The molecule has 3 rings (SSSR count). The maximum absolute atomic E-state index is 13.7. The monoisotopic (exact) mass is 567 g/mol. The molecule has 2 amide bonds. The molecule has 0 unspecified atom stereocenters. The molecule has 0 aromatic heterocycles. The van der Waals surface area contributed by atoms with Crippen LogP contribution in [-0.2, 0) is 11.3 Å². The number of anilines is 1. The van der Waals surface area contributed by atoms with Crippen molar-refractivity contribution in [1.82, 2.24) is 4.90 Å². The Hall–Kier alpha value is -4.08. The lowest BCUT2D eigenvalue weighted by atomic mass is 9.92. The van der Waals surface area contributed by atoms with Crippen LogP contribution < -0.4 is 25.3 Å². The minimum absolute atomic E-state index is 0.150. The van der Waals surface area contributed by atoms with Crippen LogP contribution >= 0.6 is 11.6 Å². The highest BCUT2D eigenvalue weighted by Crippen LogP contribution is 2.30. The summed E-state index contributed by atoms with van der Waals surface area (Å²) >= 11 is 6.55. The van der Waals surface area contributed by atoms with E-state index < -0.39 is 11.9 Å². The van der Waals surface area contributed by atoms with Gasteiger partial charge in [-0.05, 0) is 66.1 Å². The van der Waals surface area contributed by atoms with Gasteiger partial charge >= 0.3 is 5.97 Å². The molecule has 212 valence electrons. The molecular weight excluding hydrogens is 534 g/mol. The molecule has 0 aliphatic heterocycles. The van der Waals surface area contributed by atoms with Gasteiger partial charge in [-0.1, -0.05) is 37.6 Å². The summed E-state index contributed by atoms with van der Waals surface area (Å²) < 4.78 is 15.8. The average Bonchev–Trinajstić information content (AvgIpc) is 2.93. The van der Waals surface area contributed by atoms with E-state index in [4.69, 9.17) is 31.5 Å². The van der Waals surface area contributed by atoms with E-state index in [-0.39, 0.29) is 29.2 Å². The number of nitrogens with one attached hydrogen (secondary N) is 1. The van der Waals surface area contributed by atoms with Crippen molar-refractivity contribution in [2.75, 3.05) is 32.6 Å². The van der Waals surface area contributed by atoms with E-state index in [0.29, 0.717) is 46.4 Å². The Morgan fingerprint density at radius 1 is 0.950 bits per heavy atom. The third-order valence-corrected chi connectivity index (χ3v) is 6.51. The Bertz CT molecular complexity index is 1390. The SMILES string of the molecule is COc1ccc(C(=O)N(Cc2cc(NC(=O)c3ccccc3OC(C)=O)ccc2Cl)CC(C)(C)CN)cc1OC. The number of rotatable bonds is 11. The molecule has 0 spiro atoms. The molecule has 0 heterocycles. The number of amides is 2. The van der Waals surface area contributed by atoms with Crippen LogP contribution in [0.2, 0.25) is 5.02 Å². The number of nitrogens with two attached hydrogens (primary N) is 1. The molecule has 40 heavy (non-hydrogen) atoms. The molecule has 0 radical (unpaired) electrons. The Morgan fingerprint density at radius 3 is 2.30 bits per heavy atom. The van der Waals surface area contributed by atoms with E-state index in [2.05, 4.69) is 5.32 Å². The predicted molar refractivity (Wildman–Crippen MR) is 154 cm³/mol. The fraction of sp³-hybridized carbons (Fsp3) is 0.300. The summed E-state index contributed by atoms with van der Waals surface area (Å²) in [5, 5.41) is 3.24. The van der Waals surface area contributed by atoms with Gasteiger partial charge in [0.2, 0.25) is 0 Å². The second-order valence-electron chi connectivity index (χ2n) is 9.95. The minimum atomic E-state index is -0.534. The number of para-hydroxylation sites is 1. The first-order valence-electron chi connectivity index (χ1n) is 12.6. The van der Waals surface area contributed by atoms with Crippen molar-refractivity contribution in [2.45, 2.75) is 27.3 Å². The molecule has 0 saturated heterocycles. The van der Waals surface area contributed by atoms with Crippen molar-refractivity contribution >= 4 is 35.1 Å². The summed E-state index contributed by atoms with van der Waals surface area (Å²) in [4.78, 5) is 39.9. The van der Waals surface area contributed by atoms with E-state index in [1.54, 1.807) is 65.6 Å². The second-order valence-corrected chi connectivity index (χ2v) is 10.4. The molecule has 10 heteroatoms. The molecule has 0 aliphatic carbocycles. The van der Waals surface area contributed by atoms with Crippen LogP contribution in [0.25, 0.3) is 0 Å². The van der Waals surface area contributed by atoms with Gasteiger partial charge < -0.3 is 30.2 Å². The van der Waals surface area contributed by atoms with Crippen LogP contribution in [-0.4, -0.2) is 50.0 Å². The largest absolute Gasteiger partial charge is 0.493 e. The number of esters is 1. The van der Waals surface area contributed by atoms with Crippen LogP contribution in [0, 0.1) is 5.41 Å². The van der Waals surface area contributed by atoms with Gasteiger partial charge in [-0.3, -0.25) is 14.4 Å². The molecule has 3 aromatic rings. The first kappa shape index (κ1) is 30.5. The van der Waals surface area contributed by atoms with Crippen LogP contribution in [0.3, 0.4) is 0 Å². The lowest BCUT2D eigenvalue weighted by Gasteiger charge is -2.32. The average molecular weight is 568 g/mol. The summed E-state index contributed by atoms with van der Waals surface area (Å²) in [7, 11) is 3.03. The Morgan fingerprint density at radius 2 is 1.65 bits per heavy atom. The molecule has 9 nitrogen and oxygen atoms in total. The number of hydrogen-bond acceptors (Lipinski definition) is 7. The molecular formula is C30H34ClN3O6. The third kappa shape index (κ3) is 7.74. The van der Waals surface area contributed by atoms with Gasteiger partial charge in [0, 0.05) is 36.3 Å². The van der Waals surface area contributed by atoms with Gasteiger partial charge in [-0.2, -0.15) is 0 Å². The topological polar surface area (TPSA) is 120 Å². The summed E-state index contributed by atoms with van der Waals surface area (Å²) in [6.45, 7) is 6.07. The Kier molecular flexibility index (Phi) is 10.1. The number of carbonyl (C=O) groups excluding carboxylic acids is 3. The fourth-order valence-electron chi connectivity index (χ4n) is 4.01. The summed E-state index contributed by atoms with van der Waals surface area (Å²) in [5.41, 5.74) is 7.30. The van der Waals surface area contributed by atoms with Crippen molar-refractivity contribution in [1.29, 1.82) is 0 Å². The molecule has 0 fully saturated rings. The van der Waals surface area contributed by atoms with Crippen molar-refractivity contribution in [2.24, 2.45) is 11.1 Å². The summed E-state index contributed by atoms with van der Waals surface area (Å²) in [6, 6.07) is 16.4. The maximum atomic E-state index is 13.7. The molecule has 0 saturated carbocycles. The zero-order chi connectivity index (χ0) is 29.4. The van der Waals surface area contributed by atoms with Gasteiger partial charge in [-0.15, -0.1) is 0 Å². The van der Waals surface area contributed by atoms with Gasteiger partial charge in [0.1, 0.15) is 5.75 Å². The first-order chi connectivity index (χ1) is 19.0. The second kappa shape index (κ2) is 13.3. The number of carbonyl (C=O) groups is 3. The highest BCUT2D eigenvalue weighted by Gasteiger charge is 2.26. The van der Waals surface area contributed by atoms with Crippen molar-refractivity contribution < 1.29 is 28.6 Å². The van der Waals surface area contributed by atoms with E-state index in [0.717, 1.165) is 0 Å². The number of benzene rings is 3. The molecule has 3 N–H and O–H groups in total. The highest BCUT2D eigenvalue weighted by atomic mass is 35.5. The smallest absolute Gasteiger partial charge is 0.308 e. The highest BCUT2D eigenvalue weighted by molar-refractivity contribution is 6.31. The maximum Gasteiger partial charge on any atom is 0.308 e. The van der Waals surface area contributed by atoms with Gasteiger partial charge in [0.05, 0.1) is 19.8 Å². The quantitative estimate of drug-likeness (QED) is 0.242. The normalized spacial score (nSPS) is 11.0. The van der Waals surface area contributed by atoms with Crippen LogP contribution in [0.15, 0.2) is 60.7 Å². The lowest BCUT2D eigenvalue weighted by Crippen LogP contribution is -2.41. The van der Waals surface area contributed by atoms with Gasteiger partial charge in [0.25, 0.3) is 11.8 Å². The summed E-state index contributed by atoms with van der Waals surface area (Å²) in [6.07, 6.45) is 0. The van der Waals surface area contributed by atoms with E-state index in [1.165, 1.54) is 21.1 Å². The number of halogens is 1. The van der Waals surface area contributed by atoms with Gasteiger partial charge in [-0.25, -0.2) is 0 Å². The fourth-order valence-corrected chi connectivity index (χ4v) is 4.19. The van der Waals surface area contributed by atoms with Crippen molar-refractivity contribution in [3.8, 4) is 17.2 Å². The van der Waals surface area contributed by atoms with Crippen LogP contribution in [0.4, 0.5) is 5.69 Å². The molecule has 3 aromatic carbocycles. The van der Waals surface area contributed by atoms with Gasteiger partial charge in [0.15, 0.2) is 11.5 Å². The minimum Gasteiger partial charge on any atom is -0.493 e. The van der Waals surface area contributed by atoms with E-state index in [9.17, 15) is 14.4 Å². The number of ether oxygens (including phenoxy) is 3. The Labute approximate surface area is 239 Å². The first-order valence-corrected chi connectivity index (χ1v) is 12.9. The molecule has 0 aliphatic rings.